The van der Waals surface area contributed by atoms with Crippen molar-refractivity contribution < 1.29 is 39.7 Å². The van der Waals surface area contributed by atoms with Gasteiger partial charge in [0.25, 0.3) is 0 Å². The van der Waals surface area contributed by atoms with Crippen LogP contribution in [0.4, 0.5) is 8.78 Å². The van der Waals surface area contributed by atoms with Crippen LogP contribution in [0.1, 0.15) is 13.8 Å². The van der Waals surface area contributed by atoms with Gasteiger partial charge in [0, 0.05) is 11.9 Å². The van der Waals surface area contributed by atoms with Gasteiger partial charge in [0.1, 0.15) is 0 Å². The smallest absolute Gasteiger partial charge is 0.512 e. The molecule has 0 amide bonds. The normalized spacial score (nSPS) is 10.1. The largest absolute Gasteiger partial charge is 2.00 e. The quantitative estimate of drug-likeness (QED) is 0.394. The Morgan fingerprint density at radius 2 is 1.91 bits per heavy atom. The number of rotatable bonds is 2. The first kappa shape index (κ1) is 20.2. The Morgan fingerprint density at radius 1 is 1.23 bits per heavy atom. The van der Waals surface area contributed by atoms with Gasteiger partial charge < -0.3 is 5.11 Å². The predicted molar refractivity (Wildman–Crippen MR) is 76.5 cm³/mol. The molecule has 0 fully saturated rings. The van der Waals surface area contributed by atoms with Gasteiger partial charge in [-0.15, -0.1) is 12.1 Å². The minimum atomic E-state index is -0.623. The molecule has 0 saturated heterocycles. The minimum Gasteiger partial charge on any atom is -0.512 e. The molecule has 2 rings (SSSR count). The molecule has 22 heavy (non-hydrogen) atoms. The van der Waals surface area contributed by atoms with Crippen LogP contribution in [-0.4, -0.2) is 10.9 Å². The standard InChI is InChI=1S/C12H6F2.C5H8O2.Pt/c13-10-6-7-11(12(14)8-10)9-4-2-1-3-5-9;1-4(6)3-5(2)7;/h1-4,6,8H;3,6H,1-2H3;/q-2;;+2. The van der Waals surface area contributed by atoms with Crippen molar-refractivity contribution in [3.8, 4) is 11.1 Å². The second kappa shape index (κ2) is 10.0. The van der Waals surface area contributed by atoms with Gasteiger partial charge in [-0.3, -0.25) is 13.6 Å². The zero-order valence-electron chi connectivity index (χ0n) is 12.0. The summed E-state index contributed by atoms with van der Waals surface area (Å²) in [7, 11) is 0. The van der Waals surface area contributed by atoms with Crippen molar-refractivity contribution in [2.75, 3.05) is 0 Å². The van der Waals surface area contributed by atoms with Crippen LogP contribution in [0.15, 0.2) is 48.2 Å². The Kier molecular flexibility index (Phi) is 9.19. The van der Waals surface area contributed by atoms with E-state index in [1.54, 1.807) is 24.3 Å². The summed E-state index contributed by atoms with van der Waals surface area (Å²) in [6.45, 7) is 2.85. The molecule has 0 aliphatic rings. The van der Waals surface area contributed by atoms with E-state index in [-0.39, 0.29) is 38.2 Å². The van der Waals surface area contributed by atoms with E-state index in [9.17, 15) is 13.6 Å². The van der Waals surface area contributed by atoms with E-state index >= 15 is 0 Å². The third kappa shape index (κ3) is 7.28. The van der Waals surface area contributed by atoms with Crippen molar-refractivity contribution in [2.45, 2.75) is 13.8 Å². The number of ketones is 1. The number of allylic oxidation sites excluding steroid dienone is 2. The Bertz CT molecular complexity index is 636. The Balaban J connectivity index is 0.000000478. The molecule has 0 heterocycles. The molecule has 0 radical (unpaired) electrons. The summed E-state index contributed by atoms with van der Waals surface area (Å²) in [6.07, 6.45) is 1.17. The summed E-state index contributed by atoms with van der Waals surface area (Å²) in [6, 6.07) is 14.3. The molecule has 0 saturated carbocycles. The van der Waals surface area contributed by atoms with Crippen molar-refractivity contribution in [1.29, 1.82) is 0 Å². The molecule has 0 atom stereocenters. The fourth-order valence-electron chi connectivity index (χ4n) is 1.49. The van der Waals surface area contributed by atoms with Crippen LogP contribution in [0, 0.1) is 23.8 Å². The summed E-state index contributed by atoms with van der Waals surface area (Å²) in [4.78, 5) is 10.0. The zero-order valence-corrected chi connectivity index (χ0v) is 14.2. The molecule has 0 spiro atoms. The first-order valence-corrected chi connectivity index (χ1v) is 6.12. The molecule has 118 valence electrons. The van der Waals surface area contributed by atoms with E-state index in [1.807, 2.05) is 0 Å². The molecule has 2 aromatic rings. The molecule has 0 aromatic heterocycles. The van der Waals surface area contributed by atoms with Gasteiger partial charge in [0.15, 0.2) is 5.78 Å². The van der Waals surface area contributed by atoms with E-state index in [2.05, 4.69) is 12.1 Å². The van der Waals surface area contributed by atoms with Gasteiger partial charge in [-0.1, -0.05) is 6.07 Å². The SMILES string of the molecule is CC(=O)C=C(C)O.Fc1c[c-]c(-c2[c-]cccc2)c(F)c1.[Pt+2]. The Hall–Kier alpha value is -1.80. The van der Waals surface area contributed by atoms with Gasteiger partial charge in [0.2, 0.25) is 0 Å². The number of carbonyl (C=O) groups is 1. The van der Waals surface area contributed by atoms with E-state index in [1.165, 1.54) is 19.9 Å². The molecular weight excluding hydrogens is 469 g/mol. The van der Waals surface area contributed by atoms with Gasteiger partial charge in [-0.05, 0) is 19.7 Å². The summed E-state index contributed by atoms with van der Waals surface area (Å²) in [5, 5.41) is 8.36. The van der Waals surface area contributed by atoms with Crippen molar-refractivity contribution in [3.63, 3.8) is 0 Å². The number of aliphatic hydroxyl groups excluding tert-OH is 1. The van der Waals surface area contributed by atoms with Crippen LogP contribution in [0.25, 0.3) is 11.1 Å². The third-order valence-corrected chi connectivity index (χ3v) is 2.25. The molecule has 1 N–H and O–H groups in total. The topological polar surface area (TPSA) is 37.3 Å². The number of hydrogen-bond donors (Lipinski definition) is 1. The summed E-state index contributed by atoms with van der Waals surface area (Å²) >= 11 is 0. The third-order valence-electron chi connectivity index (χ3n) is 2.25. The van der Waals surface area contributed by atoms with Gasteiger partial charge >= 0.3 is 21.1 Å². The van der Waals surface area contributed by atoms with E-state index in [4.69, 9.17) is 5.11 Å². The van der Waals surface area contributed by atoms with Gasteiger partial charge in [-0.2, -0.15) is 35.9 Å². The molecule has 2 nitrogen and oxygen atoms in total. The molecule has 2 aromatic carbocycles. The van der Waals surface area contributed by atoms with Crippen molar-refractivity contribution >= 4 is 5.78 Å². The molecule has 0 aliphatic carbocycles. The van der Waals surface area contributed by atoms with Gasteiger partial charge in [0.05, 0.1) is 5.76 Å². The predicted octanol–water partition coefficient (Wildman–Crippen LogP) is 4.27. The molecular formula is C17H14F2O2Pt. The van der Waals surface area contributed by atoms with Crippen molar-refractivity contribution in [3.05, 3.63) is 72.0 Å². The number of benzene rings is 2. The summed E-state index contributed by atoms with van der Waals surface area (Å²) < 4.78 is 25.8. The first-order chi connectivity index (χ1) is 9.90. The van der Waals surface area contributed by atoms with Crippen LogP contribution in [0.3, 0.4) is 0 Å². The fraction of sp³-hybridized carbons (Fsp3) is 0.118. The minimum absolute atomic E-state index is 0. The summed E-state index contributed by atoms with van der Waals surface area (Å²) in [5.74, 6) is -1.30. The Labute approximate surface area is 142 Å². The van der Waals surface area contributed by atoms with Crippen LogP contribution >= 0.6 is 0 Å². The maximum atomic E-state index is 13.2. The molecule has 0 aliphatic heterocycles. The second-order valence-electron chi connectivity index (χ2n) is 4.21. The van der Waals surface area contributed by atoms with Crippen LogP contribution < -0.4 is 0 Å². The van der Waals surface area contributed by atoms with Crippen LogP contribution in [0.2, 0.25) is 0 Å². The number of aliphatic hydroxyl groups is 1. The first-order valence-electron chi connectivity index (χ1n) is 6.12. The molecule has 0 bridgehead atoms. The van der Waals surface area contributed by atoms with Crippen LogP contribution in [-0.2, 0) is 25.9 Å². The van der Waals surface area contributed by atoms with E-state index < -0.39 is 11.6 Å². The van der Waals surface area contributed by atoms with Crippen molar-refractivity contribution in [1.82, 2.24) is 0 Å². The molecule has 5 heteroatoms. The number of carbonyl (C=O) groups excluding carboxylic acids is 1. The Morgan fingerprint density at radius 3 is 2.32 bits per heavy atom. The van der Waals surface area contributed by atoms with Crippen LogP contribution in [0.5, 0.6) is 0 Å². The monoisotopic (exact) mass is 483 g/mol. The maximum absolute atomic E-state index is 13.2. The van der Waals surface area contributed by atoms with Crippen molar-refractivity contribution in [2.24, 2.45) is 0 Å². The zero-order chi connectivity index (χ0) is 15.8. The molecule has 0 unspecified atom stereocenters. The second-order valence-corrected chi connectivity index (χ2v) is 4.21. The fourth-order valence-corrected chi connectivity index (χ4v) is 1.49. The van der Waals surface area contributed by atoms with E-state index in [0.29, 0.717) is 5.56 Å². The number of hydrogen-bond acceptors (Lipinski definition) is 2. The summed E-state index contributed by atoms with van der Waals surface area (Å²) in [5.41, 5.74) is 0.817. The maximum Gasteiger partial charge on any atom is 2.00 e. The van der Waals surface area contributed by atoms with Gasteiger partial charge in [-0.25, -0.2) is 5.56 Å². The number of halogens is 2. The average molecular weight is 483 g/mol. The van der Waals surface area contributed by atoms with E-state index in [0.717, 1.165) is 12.1 Å². The average Bonchev–Trinajstić information content (AvgIpc) is 2.38.